The fraction of sp³-hybridized carbons (Fsp3) is 0. The van der Waals surface area contributed by atoms with Crippen LogP contribution < -0.4 is 0 Å². The minimum Gasteiger partial charge on any atom is -0.309 e. The molecule has 80 heavy (non-hydrogen) atoms. The van der Waals surface area contributed by atoms with Crippen LogP contribution in [0.3, 0.4) is 0 Å². The summed E-state index contributed by atoms with van der Waals surface area (Å²) in [6, 6.07) is 103. The van der Waals surface area contributed by atoms with Crippen LogP contribution in [0, 0.1) is 0 Å². The highest BCUT2D eigenvalue weighted by molar-refractivity contribution is 6.10. The minimum absolute atomic E-state index is 0.570. The molecule has 0 aliphatic rings. The van der Waals surface area contributed by atoms with Gasteiger partial charge in [0.15, 0.2) is 17.5 Å². The van der Waals surface area contributed by atoms with Gasteiger partial charge in [-0.3, -0.25) is 0 Å². The lowest BCUT2D eigenvalue weighted by atomic mass is 9.85. The minimum atomic E-state index is 0.570. The van der Waals surface area contributed by atoms with E-state index in [4.69, 9.17) is 19.9 Å². The number of nitrogens with zero attached hydrogens (tertiary/aromatic N) is 6. The van der Waals surface area contributed by atoms with Gasteiger partial charge in [0.2, 0.25) is 0 Å². The van der Waals surface area contributed by atoms with Crippen molar-refractivity contribution >= 4 is 43.6 Å². The third-order valence-corrected chi connectivity index (χ3v) is 15.4. The summed E-state index contributed by atoms with van der Waals surface area (Å²) in [7, 11) is 0. The van der Waals surface area contributed by atoms with E-state index in [2.05, 4.69) is 264 Å². The van der Waals surface area contributed by atoms with Crippen molar-refractivity contribution in [3.63, 3.8) is 0 Å². The molecule has 0 unspecified atom stereocenters. The zero-order valence-corrected chi connectivity index (χ0v) is 43.4. The monoisotopic (exact) mass is 1020 g/mol. The van der Waals surface area contributed by atoms with E-state index in [1.54, 1.807) is 0 Å². The molecule has 4 heterocycles. The van der Waals surface area contributed by atoms with E-state index in [1.807, 2.05) is 36.4 Å². The van der Waals surface area contributed by atoms with Crippen molar-refractivity contribution in [3.05, 3.63) is 291 Å². The van der Waals surface area contributed by atoms with Gasteiger partial charge in [0, 0.05) is 60.7 Å². The second kappa shape index (κ2) is 19.6. The second-order valence-corrected chi connectivity index (χ2v) is 20.2. The molecular formula is C74H48N6. The molecule has 0 saturated carbocycles. The fourth-order valence-electron chi connectivity index (χ4n) is 11.6. The molecule has 0 bridgehead atoms. The fourth-order valence-corrected chi connectivity index (χ4v) is 11.6. The molecule has 0 saturated heterocycles. The summed E-state index contributed by atoms with van der Waals surface area (Å²) in [5.41, 5.74) is 19.5. The molecule has 374 valence electrons. The van der Waals surface area contributed by atoms with Gasteiger partial charge in [-0.05, 0) is 106 Å². The van der Waals surface area contributed by atoms with Crippen molar-refractivity contribution < 1.29 is 0 Å². The van der Waals surface area contributed by atoms with E-state index in [1.165, 1.54) is 21.5 Å². The molecule has 15 rings (SSSR count). The molecular weight excluding hydrogens is 973 g/mol. The normalized spacial score (nSPS) is 11.5. The van der Waals surface area contributed by atoms with Crippen LogP contribution in [0.2, 0.25) is 0 Å². The Morgan fingerprint density at radius 3 is 0.863 bits per heavy atom. The molecule has 4 aromatic heterocycles. The number of rotatable bonds is 10. The van der Waals surface area contributed by atoms with E-state index in [0.29, 0.717) is 17.5 Å². The average Bonchev–Trinajstić information content (AvgIpc) is 4.20. The first-order valence-corrected chi connectivity index (χ1v) is 27.0. The van der Waals surface area contributed by atoms with Gasteiger partial charge in [-0.15, -0.1) is 0 Å². The van der Waals surface area contributed by atoms with Crippen LogP contribution in [0.15, 0.2) is 291 Å². The summed E-state index contributed by atoms with van der Waals surface area (Å²) in [6.45, 7) is 0. The van der Waals surface area contributed by atoms with Crippen molar-refractivity contribution in [1.29, 1.82) is 0 Å². The van der Waals surface area contributed by atoms with Crippen molar-refractivity contribution in [2.45, 2.75) is 0 Å². The summed E-state index contributed by atoms with van der Waals surface area (Å²) >= 11 is 0. The number of hydrogen-bond donors (Lipinski definition) is 0. The first-order valence-electron chi connectivity index (χ1n) is 27.0. The molecule has 0 N–H and O–H groups in total. The van der Waals surface area contributed by atoms with Crippen molar-refractivity contribution in [2.24, 2.45) is 0 Å². The van der Waals surface area contributed by atoms with Crippen molar-refractivity contribution in [2.75, 3.05) is 0 Å². The van der Waals surface area contributed by atoms with Crippen LogP contribution in [0.1, 0.15) is 0 Å². The predicted octanol–water partition coefficient (Wildman–Crippen LogP) is 18.8. The van der Waals surface area contributed by atoms with Gasteiger partial charge < -0.3 is 9.13 Å². The molecule has 0 atom stereocenters. The molecule has 0 aliphatic carbocycles. The largest absolute Gasteiger partial charge is 0.309 e. The van der Waals surface area contributed by atoms with Gasteiger partial charge in [0.25, 0.3) is 0 Å². The Kier molecular flexibility index (Phi) is 11.4. The highest BCUT2D eigenvalue weighted by atomic mass is 15.0. The zero-order chi connectivity index (χ0) is 52.9. The topological polar surface area (TPSA) is 61.4 Å². The lowest BCUT2D eigenvalue weighted by Gasteiger charge is -2.21. The first-order chi connectivity index (χ1) is 39.7. The lowest BCUT2D eigenvalue weighted by molar-refractivity contribution is 1.07. The number of pyridine rings is 1. The third-order valence-electron chi connectivity index (χ3n) is 15.4. The third kappa shape index (κ3) is 8.22. The highest BCUT2D eigenvalue weighted by Gasteiger charge is 2.23. The molecule has 6 nitrogen and oxygen atoms in total. The standard InChI is InChI=1S/C74H48N6/c1-5-21-51(22-6-1)65-47-55(48-66(75-65)52-23-7-2-8-24-52)71-63(49-37-41-57(42-38-49)79-67-33-17-13-29-59(67)60-30-14-18-34-68(60)79)45-56(74-77-72(53-25-9-3-10-26-53)76-73(78-74)54-27-11-4-12-28-54)46-64(71)50-39-43-58(44-40-50)80-69-35-19-15-31-61(69)62-32-16-20-36-70(62)80/h1-48H. The van der Waals surface area contributed by atoms with Crippen LogP contribution in [-0.4, -0.2) is 29.1 Å². The van der Waals surface area contributed by atoms with Crippen molar-refractivity contribution in [1.82, 2.24) is 29.1 Å². The molecule has 15 aromatic rings. The number of fused-ring (bicyclic) bond motifs is 6. The molecule has 6 heteroatoms. The smallest absolute Gasteiger partial charge is 0.164 e. The van der Waals surface area contributed by atoms with Crippen LogP contribution in [0.5, 0.6) is 0 Å². The summed E-state index contributed by atoms with van der Waals surface area (Å²) in [4.78, 5) is 21.2. The highest BCUT2D eigenvalue weighted by Crippen LogP contribution is 2.46. The first kappa shape index (κ1) is 46.5. The van der Waals surface area contributed by atoms with Gasteiger partial charge in [-0.25, -0.2) is 19.9 Å². The summed E-state index contributed by atoms with van der Waals surface area (Å²) in [5, 5.41) is 4.89. The zero-order valence-electron chi connectivity index (χ0n) is 43.4. The maximum absolute atomic E-state index is 5.39. The van der Waals surface area contributed by atoms with Gasteiger partial charge in [0.1, 0.15) is 0 Å². The van der Waals surface area contributed by atoms with E-state index in [0.717, 1.165) is 106 Å². The van der Waals surface area contributed by atoms with Crippen molar-refractivity contribution in [3.8, 4) is 101 Å². The number of aromatic nitrogens is 6. The van der Waals surface area contributed by atoms with E-state index < -0.39 is 0 Å². The molecule has 0 spiro atoms. The second-order valence-electron chi connectivity index (χ2n) is 20.2. The Morgan fingerprint density at radius 1 is 0.212 bits per heavy atom. The SMILES string of the molecule is c1ccc(-c2cc(-c3c(-c4ccc(-n5c6ccccc6c6ccccc65)cc4)cc(-c4nc(-c5ccccc5)nc(-c5ccccc5)n4)cc3-c3ccc(-n4c5ccccc5c5ccccc54)cc3)cc(-c3ccccc3)n2)cc1. The van der Waals surface area contributed by atoms with Crippen LogP contribution in [0.25, 0.3) is 145 Å². The number of para-hydroxylation sites is 4. The molecule has 0 aliphatic heterocycles. The van der Waals surface area contributed by atoms with Crippen LogP contribution in [0.4, 0.5) is 0 Å². The van der Waals surface area contributed by atoms with Crippen LogP contribution >= 0.6 is 0 Å². The Balaban J connectivity index is 1.02. The molecule has 0 fully saturated rings. The van der Waals surface area contributed by atoms with Gasteiger partial charge in [-0.1, -0.05) is 218 Å². The van der Waals surface area contributed by atoms with E-state index in [-0.39, 0.29) is 0 Å². The molecule has 0 amide bonds. The Hall–Kier alpha value is -10.8. The number of hydrogen-bond acceptors (Lipinski definition) is 4. The number of benzene rings is 11. The Morgan fingerprint density at radius 2 is 0.512 bits per heavy atom. The Bertz CT molecular complexity index is 4380. The van der Waals surface area contributed by atoms with Crippen LogP contribution in [-0.2, 0) is 0 Å². The summed E-state index contributed by atoms with van der Waals surface area (Å²) in [6.07, 6.45) is 0. The molecule has 11 aromatic carbocycles. The summed E-state index contributed by atoms with van der Waals surface area (Å²) < 4.78 is 4.75. The maximum Gasteiger partial charge on any atom is 0.164 e. The predicted molar refractivity (Wildman–Crippen MR) is 330 cm³/mol. The van der Waals surface area contributed by atoms with Gasteiger partial charge in [0.05, 0.1) is 33.5 Å². The lowest BCUT2D eigenvalue weighted by Crippen LogP contribution is -2.02. The maximum atomic E-state index is 5.39. The average molecular weight is 1020 g/mol. The Labute approximate surface area is 462 Å². The van der Waals surface area contributed by atoms with E-state index >= 15 is 0 Å². The van der Waals surface area contributed by atoms with E-state index in [9.17, 15) is 0 Å². The summed E-state index contributed by atoms with van der Waals surface area (Å²) in [5.74, 6) is 1.77. The molecule has 0 radical (unpaired) electrons. The quantitative estimate of drug-likeness (QED) is 0.137. The van der Waals surface area contributed by atoms with Gasteiger partial charge >= 0.3 is 0 Å². The van der Waals surface area contributed by atoms with Gasteiger partial charge in [-0.2, -0.15) is 0 Å².